The van der Waals surface area contributed by atoms with Crippen LogP contribution in [0.25, 0.3) is 0 Å². The number of hydrogen-bond acceptors (Lipinski definition) is 4. The molecular formula is C31H30N2O4. The van der Waals surface area contributed by atoms with E-state index in [0.717, 1.165) is 11.1 Å². The van der Waals surface area contributed by atoms with Gasteiger partial charge in [-0.25, -0.2) is 0 Å². The maximum atomic E-state index is 13.9. The third kappa shape index (κ3) is 5.14. The van der Waals surface area contributed by atoms with Crippen molar-refractivity contribution in [2.24, 2.45) is 0 Å². The summed E-state index contributed by atoms with van der Waals surface area (Å²) in [5, 5.41) is 22.1. The normalized spacial score (nSPS) is 16.7. The Kier molecular flexibility index (Phi) is 7.08. The monoisotopic (exact) mass is 494 g/mol. The van der Waals surface area contributed by atoms with Crippen molar-refractivity contribution < 1.29 is 19.8 Å². The lowest BCUT2D eigenvalue weighted by molar-refractivity contribution is -0.130. The minimum absolute atomic E-state index is 0.0311. The van der Waals surface area contributed by atoms with Gasteiger partial charge in [-0.05, 0) is 16.7 Å². The highest BCUT2D eigenvalue weighted by atomic mass is 16.3. The number of carbonyl (C=O) groups excluding carboxylic acids is 2. The molecule has 0 unspecified atom stereocenters. The first-order valence-electron chi connectivity index (χ1n) is 12.6. The van der Waals surface area contributed by atoms with E-state index in [4.69, 9.17) is 0 Å². The van der Waals surface area contributed by atoms with E-state index in [1.165, 1.54) is 0 Å². The summed E-state index contributed by atoms with van der Waals surface area (Å²) in [5.74, 6) is -1.59. The fourth-order valence-corrected chi connectivity index (χ4v) is 5.15. The number of carbonyl (C=O) groups is 2. The largest absolute Gasteiger partial charge is 0.512 e. The van der Waals surface area contributed by atoms with E-state index in [1.807, 2.05) is 91.0 Å². The average Bonchev–Trinajstić information content (AvgIpc) is 2.93. The fraction of sp³-hybridized carbons (Fsp3) is 0.226. The summed E-state index contributed by atoms with van der Waals surface area (Å²) in [4.78, 5) is 31.1. The van der Waals surface area contributed by atoms with Crippen molar-refractivity contribution in [1.82, 2.24) is 9.80 Å². The van der Waals surface area contributed by atoms with Crippen molar-refractivity contribution in [3.05, 3.63) is 130 Å². The lowest BCUT2D eigenvalue weighted by atomic mass is 9.79. The van der Waals surface area contributed by atoms with Crippen molar-refractivity contribution >= 4 is 11.8 Å². The molecule has 0 saturated carbocycles. The molecule has 0 fully saturated rings. The van der Waals surface area contributed by atoms with Crippen LogP contribution in [-0.2, 0) is 22.7 Å². The Labute approximate surface area is 216 Å². The lowest BCUT2D eigenvalue weighted by Crippen LogP contribution is -2.42. The molecule has 2 amide bonds. The number of amides is 2. The van der Waals surface area contributed by atoms with Gasteiger partial charge in [0.2, 0.25) is 0 Å². The smallest absolute Gasteiger partial charge is 0.254 e. The van der Waals surface area contributed by atoms with Crippen LogP contribution in [0.1, 0.15) is 35.4 Å². The topological polar surface area (TPSA) is 81.1 Å². The van der Waals surface area contributed by atoms with E-state index in [0.29, 0.717) is 31.7 Å². The highest BCUT2D eigenvalue weighted by molar-refractivity contribution is 6.03. The molecule has 0 atom stereocenters. The number of benzene rings is 3. The van der Waals surface area contributed by atoms with Crippen LogP contribution in [0.4, 0.5) is 0 Å². The predicted molar refractivity (Wildman–Crippen MR) is 141 cm³/mol. The zero-order valence-corrected chi connectivity index (χ0v) is 20.6. The molecule has 5 rings (SSSR count). The van der Waals surface area contributed by atoms with Crippen LogP contribution >= 0.6 is 0 Å². The van der Waals surface area contributed by atoms with Gasteiger partial charge in [-0.1, -0.05) is 91.0 Å². The average molecular weight is 495 g/mol. The Balaban J connectivity index is 1.53. The minimum Gasteiger partial charge on any atom is -0.512 e. The Hall–Kier alpha value is -4.32. The first-order valence-corrected chi connectivity index (χ1v) is 12.6. The number of nitrogens with zero attached hydrogens (tertiary/aromatic N) is 2. The first kappa shape index (κ1) is 24.4. The molecular weight excluding hydrogens is 464 g/mol. The molecule has 2 N–H and O–H groups in total. The zero-order valence-electron chi connectivity index (χ0n) is 20.6. The van der Waals surface area contributed by atoms with Gasteiger partial charge in [0.1, 0.15) is 11.5 Å². The third-order valence-electron chi connectivity index (χ3n) is 7.04. The van der Waals surface area contributed by atoms with Gasteiger partial charge in [0.15, 0.2) is 0 Å². The van der Waals surface area contributed by atoms with Gasteiger partial charge in [-0.3, -0.25) is 9.59 Å². The third-order valence-corrected chi connectivity index (χ3v) is 7.04. The molecule has 6 nitrogen and oxygen atoms in total. The minimum atomic E-state index is -0.877. The summed E-state index contributed by atoms with van der Waals surface area (Å²) in [5.41, 5.74) is 2.96. The molecule has 0 bridgehead atoms. The second kappa shape index (κ2) is 10.7. The number of aliphatic hydroxyl groups excluding tert-OH is 2. The maximum absolute atomic E-state index is 13.9. The van der Waals surface area contributed by atoms with E-state index in [9.17, 15) is 19.8 Å². The van der Waals surface area contributed by atoms with Crippen LogP contribution < -0.4 is 0 Å². The second-order valence-corrected chi connectivity index (χ2v) is 9.49. The van der Waals surface area contributed by atoms with Crippen LogP contribution in [-0.4, -0.2) is 44.9 Å². The zero-order chi connectivity index (χ0) is 25.8. The molecule has 37 heavy (non-hydrogen) atoms. The molecule has 188 valence electrons. The van der Waals surface area contributed by atoms with Gasteiger partial charge in [-0.2, -0.15) is 0 Å². The standard InChI is InChI=1S/C31H30N2O4/c34-25-16-18-32(20-22-10-4-1-5-11-22)30(36)28(25)27(24-14-8-3-9-15-24)29-26(35)17-19-33(31(29)37)21-23-12-6-2-7-13-23/h1-15,27,34-35H,16-21H2. The summed E-state index contributed by atoms with van der Waals surface area (Å²) in [6, 6.07) is 28.6. The second-order valence-electron chi connectivity index (χ2n) is 9.49. The lowest BCUT2D eigenvalue weighted by Gasteiger charge is -2.36. The summed E-state index contributed by atoms with van der Waals surface area (Å²) in [7, 11) is 0. The molecule has 0 spiro atoms. The maximum Gasteiger partial charge on any atom is 0.254 e. The van der Waals surface area contributed by atoms with E-state index in [1.54, 1.807) is 9.80 Å². The fourth-order valence-electron chi connectivity index (χ4n) is 5.15. The van der Waals surface area contributed by atoms with Crippen LogP contribution in [0, 0.1) is 0 Å². The van der Waals surface area contributed by atoms with Crippen LogP contribution in [0.15, 0.2) is 114 Å². The van der Waals surface area contributed by atoms with Crippen molar-refractivity contribution in [2.45, 2.75) is 31.8 Å². The van der Waals surface area contributed by atoms with Crippen LogP contribution in [0.3, 0.4) is 0 Å². The first-order chi connectivity index (χ1) is 18.0. The molecule has 0 saturated heterocycles. The molecule has 0 aliphatic carbocycles. The van der Waals surface area contributed by atoms with Gasteiger partial charge < -0.3 is 20.0 Å². The van der Waals surface area contributed by atoms with E-state index in [2.05, 4.69) is 0 Å². The van der Waals surface area contributed by atoms with Gasteiger partial charge in [-0.15, -0.1) is 0 Å². The molecule has 2 aliphatic heterocycles. The van der Waals surface area contributed by atoms with Crippen LogP contribution in [0.5, 0.6) is 0 Å². The van der Waals surface area contributed by atoms with Crippen molar-refractivity contribution in [3.8, 4) is 0 Å². The van der Waals surface area contributed by atoms with E-state index < -0.39 is 5.92 Å². The predicted octanol–water partition coefficient (Wildman–Crippen LogP) is 5.26. The molecule has 3 aromatic rings. The number of hydrogen-bond donors (Lipinski definition) is 2. The SMILES string of the molecule is O=C1C(C(C2=C(O)CCN(Cc3ccccc3)C2=O)c2ccccc2)=C(O)CCN1Cc1ccccc1. The van der Waals surface area contributed by atoms with Gasteiger partial charge in [0.25, 0.3) is 11.8 Å². The van der Waals surface area contributed by atoms with Crippen molar-refractivity contribution in [1.29, 1.82) is 0 Å². The molecule has 0 aromatic heterocycles. The highest BCUT2D eigenvalue weighted by Crippen LogP contribution is 2.41. The van der Waals surface area contributed by atoms with Gasteiger partial charge in [0, 0.05) is 39.0 Å². The number of aliphatic hydroxyl groups is 2. The van der Waals surface area contributed by atoms with Crippen molar-refractivity contribution in [2.75, 3.05) is 13.1 Å². The summed E-state index contributed by atoms with van der Waals surface area (Å²) in [6.45, 7) is 1.56. The highest BCUT2D eigenvalue weighted by Gasteiger charge is 2.41. The molecule has 0 radical (unpaired) electrons. The van der Waals surface area contributed by atoms with Gasteiger partial charge in [0.05, 0.1) is 17.1 Å². The van der Waals surface area contributed by atoms with Gasteiger partial charge >= 0.3 is 0 Å². The van der Waals surface area contributed by atoms with E-state index in [-0.39, 0.29) is 47.3 Å². The van der Waals surface area contributed by atoms with Crippen LogP contribution in [0.2, 0.25) is 0 Å². The Morgan fingerprint density at radius 3 is 1.38 bits per heavy atom. The molecule has 6 heteroatoms. The Morgan fingerprint density at radius 2 is 0.973 bits per heavy atom. The molecule has 2 aliphatic rings. The quantitative estimate of drug-likeness (QED) is 0.470. The molecule has 2 heterocycles. The molecule has 3 aromatic carbocycles. The van der Waals surface area contributed by atoms with Crippen molar-refractivity contribution in [3.63, 3.8) is 0 Å². The summed E-state index contributed by atoms with van der Waals surface area (Å²) in [6.07, 6.45) is 0.570. The van der Waals surface area contributed by atoms with E-state index >= 15 is 0 Å². The summed E-state index contributed by atoms with van der Waals surface area (Å²) >= 11 is 0. The Morgan fingerprint density at radius 1 is 0.595 bits per heavy atom. The number of rotatable bonds is 7. The summed E-state index contributed by atoms with van der Waals surface area (Å²) < 4.78 is 0. The Bertz CT molecular complexity index is 1250.